The molecule has 8 heteroatoms. The topological polar surface area (TPSA) is 118 Å². The van der Waals surface area contributed by atoms with Crippen LogP contribution in [0.25, 0.3) is 10.8 Å². The lowest BCUT2D eigenvalue weighted by atomic mass is 10.1. The van der Waals surface area contributed by atoms with Crippen LogP contribution in [0.15, 0.2) is 42.5 Å². The van der Waals surface area contributed by atoms with Crippen molar-refractivity contribution in [2.45, 2.75) is 20.3 Å². The number of benzene rings is 2. The number of fused-ring (bicyclic) bond motifs is 1. The molecule has 0 unspecified atom stereocenters. The number of carbonyl (C=O) groups is 2. The van der Waals surface area contributed by atoms with Gasteiger partial charge in [0.25, 0.3) is 5.91 Å². The SMILES string of the molecule is CCOc1nc(C(=O)NCC(=O)O)c(O)c2ccc(Oc3cccc(CC)c3)cc12. The fourth-order valence-electron chi connectivity index (χ4n) is 2.92. The molecule has 3 N–H and O–H groups in total. The normalized spacial score (nSPS) is 10.6. The van der Waals surface area contributed by atoms with E-state index in [4.69, 9.17) is 14.6 Å². The molecule has 0 saturated carbocycles. The molecule has 0 saturated heterocycles. The van der Waals surface area contributed by atoms with Crippen LogP contribution >= 0.6 is 0 Å². The Bertz CT molecular complexity index is 1100. The van der Waals surface area contributed by atoms with Crippen LogP contribution in [0.3, 0.4) is 0 Å². The molecule has 0 fully saturated rings. The smallest absolute Gasteiger partial charge is 0.322 e. The molecule has 0 atom stereocenters. The van der Waals surface area contributed by atoms with Crippen molar-refractivity contribution in [2.75, 3.05) is 13.2 Å². The van der Waals surface area contributed by atoms with E-state index in [0.29, 0.717) is 22.3 Å². The van der Waals surface area contributed by atoms with Crippen LogP contribution in [0.4, 0.5) is 0 Å². The highest BCUT2D eigenvalue weighted by molar-refractivity contribution is 6.04. The van der Waals surface area contributed by atoms with E-state index < -0.39 is 18.4 Å². The number of aliphatic carboxylic acids is 1. The number of pyridine rings is 1. The molecule has 8 nitrogen and oxygen atoms in total. The molecule has 0 aliphatic heterocycles. The molecule has 0 aliphatic carbocycles. The van der Waals surface area contributed by atoms with Crippen molar-refractivity contribution in [3.8, 4) is 23.1 Å². The summed E-state index contributed by atoms with van der Waals surface area (Å²) < 4.78 is 11.5. The number of nitrogens with zero attached hydrogens (tertiary/aromatic N) is 1. The van der Waals surface area contributed by atoms with Crippen molar-refractivity contribution in [2.24, 2.45) is 0 Å². The quantitative estimate of drug-likeness (QED) is 0.520. The fourth-order valence-corrected chi connectivity index (χ4v) is 2.92. The van der Waals surface area contributed by atoms with Gasteiger partial charge in [-0.3, -0.25) is 9.59 Å². The van der Waals surface area contributed by atoms with E-state index >= 15 is 0 Å². The van der Waals surface area contributed by atoms with Gasteiger partial charge in [-0.25, -0.2) is 4.98 Å². The molecule has 1 amide bonds. The molecular weight excluding hydrogens is 388 g/mol. The zero-order valence-electron chi connectivity index (χ0n) is 16.6. The maximum Gasteiger partial charge on any atom is 0.322 e. The first kappa shape index (κ1) is 20.9. The van der Waals surface area contributed by atoms with Crippen molar-refractivity contribution in [1.29, 1.82) is 0 Å². The molecular formula is C22H22N2O6. The van der Waals surface area contributed by atoms with Gasteiger partial charge in [0.1, 0.15) is 18.0 Å². The van der Waals surface area contributed by atoms with Crippen LogP contribution in [0.5, 0.6) is 23.1 Å². The maximum absolute atomic E-state index is 12.3. The second-order valence-electron chi connectivity index (χ2n) is 6.43. The van der Waals surface area contributed by atoms with E-state index in [-0.39, 0.29) is 23.9 Å². The van der Waals surface area contributed by atoms with Crippen LogP contribution < -0.4 is 14.8 Å². The van der Waals surface area contributed by atoms with Crippen LogP contribution in [-0.4, -0.2) is 40.2 Å². The molecule has 0 spiro atoms. The number of aromatic nitrogens is 1. The highest BCUT2D eigenvalue weighted by Crippen LogP contribution is 2.37. The Hall–Kier alpha value is -3.81. The molecule has 2 aromatic carbocycles. The first-order valence-corrected chi connectivity index (χ1v) is 9.49. The Morgan fingerprint density at radius 1 is 1.07 bits per heavy atom. The molecule has 3 rings (SSSR count). The summed E-state index contributed by atoms with van der Waals surface area (Å²) in [6, 6.07) is 12.6. The van der Waals surface area contributed by atoms with Crippen molar-refractivity contribution in [3.63, 3.8) is 0 Å². The number of carbonyl (C=O) groups excluding carboxylic acids is 1. The third-order valence-electron chi connectivity index (χ3n) is 4.35. The van der Waals surface area contributed by atoms with Crippen molar-refractivity contribution in [1.82, 2.24) is 10.3 Å². The van der Waals surface area contributed by atoms with Crippen LogP contribution in [0.1, 0.15) is 29.9 Å². The van der Waals surface area contributed by atoms with Gasteiger partial charge in [-0.2, -0.15) is 0 Å². The summed E-state index contributed by atoms with van der Waals surface area (Å²) >= 11 is 0. The van der Waals surface area contributed by atoms with Gasteiger partial charge in [0.05, 0.1) is 12.0 Å². The van der Waals surface area contributed by atoms with Gasteiger partial charge in [-0.05, 0) is 49.2 Å². The lowest BCUT2D eigenvalue weighted by Gasteiger charge is -2.13. The predicted octanol–water partition coefficient (Wildman–Crippen LogP) is 3.51. The van der Waals surface area contributed by atoms with E-state index in [9.17, 15) is 14.7 Å². The number of carboxylic acid groups (broad SMARTS) is 1. The van der Waals surface area contributed by atoms with Gasteiger partial charge >= 0.3 is 5.97 Å². The Kier molecular flexibility index (Phi) is 6.36. The van der Waals surface area contributed by atoms with E-state index in [0.717, 1.165) is 12.0 Å². The molecule has 156 valence electrons. The summed E-state index contributed by atoms with van der Waals surface area (Å²) in [5.74, 6) is -1.05. The van der Waals surface area contributed by atoms with Crippen LogP contribution in [0.2, 0.25) is 0 Å². The highest BCUT2D eigenvalue weighted by Gasteiger charge is 2.21. The van der Waals surface area contributed by atoms with Gasteiger partial charge in [0.2, 0.25) is 5.88 Å². The molecule has 0 aliphatic rings. The Morgan fingerprint density at radius 3 is 2.53 bits per heavy atom. The Morgan fingerprint density at radius 2 is 1.83 bits per heavy atom. The standard InChI is InChI=1S/C22H22N2O6/c1-3-13-6-5-7-14(10-13)30-15-8-9-16-17(11-15)22(29-4-2)24-19(20(16)27)21(28)23-12-18(25)26/h5-11,27H,3-4,12H2,1-2H3,(H,23,28)(H,25,26). The number of rotatable bonds is 8. The number of nitrogens with one attached hydrogen (secondary N) is 1. The first-order chi connectivity index (χ1) is 14.4. The Labute approximate surface area is 173 Å². The minimum Gasteiger partial charge on any atom is -0.505 e. The molecule has 1 heterocycles. The minimum absolute atomic E-state index is 0.138. The average molecular weight is 410 g/mol. The summed E-state index contributed by atoms with van der Waals surface area (Å²) in [5.41, 5.74) is 0.830. The number of ether oxygens (including phenoxy) is 2. The van der Waals surface area contributed by atoms with Crippen LogP contribution in [-0.2, 0) is 11.2 Å². The second kappa shape index (κ2) is 9.13. The summed E-state index contributed by atoms with van der Waals surface area (Å²) in [4.78, 5) is 27.1. The third-order valence-corrected chi connectivity index (χ3v) is 4.35. The molecule has 30 heavy (non-hydrogen) atoms. The van der Waals surface area contributed by atoms with Gasteiger partial charge in [-0.15, -0.1) is 0 Å². The van der Waals surface area contributed by atoms with E-state index in [1.54, 1.807) is 25.1 Å². The number of aromatic hydroxyl groups is 1. The van der Waals surface area contributed by atoms with Gasteiger partial charge in [0, 0.05) is 5.39 Å². The van der Waals surface area contributed by atoms with E-state index in [2.05, 4.69) is 17.2 Å². The monoisotopic (exact) mass is 410 g/mol. The minimum atomic E-state index is -1.21. The number of hydrogen-bond acceptors (Lipinski definition) is 6. The summed E-state index contributed by atoms with van der Waals surface area (Å²) in [6.45, 7) is 3.52. The maximum atomic E-state index is 12.3. The molecule has 1 aromatic heterocycles. The zero-order chi connectivity index (χ0) is 21.7. The summed E-state index contributed by atoms with van der Waals surface area (Å²) in [6.07, 6.45) is 0.883. The third kappa shape index (κ3) is 4.60. The summed E-state index contributed by atoms with van der Waals surface area (Å²) in [5, 5.41) is 22.3. The number of hydrogen-bond donors (Lipinski definition) is 3. The van der Waals surface area contributed by atoms with Crippen molar-refractivity contribution < 1.29 is 29.3 Å². The van der Waals surface area contributed by atoms with Crippen molar-refractivity contribution >= 4 is 22.6 Å². The van der Waals surface area contributed by atoms with Crippen LogP contribution in [0, 0.1) is 0 Å². The zero-order valence-corrected chi connectivity index (χ0v) is 16.6. The lowest BCUT2D eigenvalue weighted by Crippen LogP contribution is -2.30. The largest absolute Gasteiger partial charge is 0.505 e. The van der Waals surface area contributed by atoms with E-state index in [1.165, 1.54) is 0 Å². The first-order valence-electron chi connectivity index (χ1n) is 9.49. The predicted molar refractivity (Wildman–Crippen MR) is 110 cm³/mol. The number of aryl methyl sites for hydroxylation is 1. The Balaban J connectivity index is 2.01. The fraction of sp³-hybridized carbons (Fsp3) is 0.227. The van der Waals surface area contributed by atoms with Gasteiger partial charge in [-0.1, -0.05) is 19.1 Å². The number of carboxylic acids is 1. The van der Waals surface area contributed by atoms with E-state index in [1.807, 2.05) is 24.3 Å². The molecule has 3 aromatic rings. The molecule has 0 bridgehead atoms. The van der Waals surface area contributed by atoms with Gasteiger partial charge in [0.15, 0.2) is 11.4 Å². The second-order valence-corrected chi connectivity index (χ2v) is 6.43. The summed E-state index contributed by atoms with van der Waals surface area (Å²) in [7, 11) is 0. The van der Waals surface area contributed by atoms with Crippen molar-refractivity contribution in [3.05, 3.63) is 53.7 Å². The number of amides is 1. The lowest BCUT2D eigenvalue weighted by molar-refractivity contribution is -0.135. The van der Waals surface area contributed by atoms with Gasteiger partial charge < -0.3 is 25.0 Å². The highest BCUT2D eigenvalue weighted by atomic mass is 16.5. The molecule has 0 radical (unpaired) electrons. The average Bonchev–Trinajstić information content (AvgIpc) is 2.74.